The summed E-state index contributed by atoms with van der Waals surface area (Å²) < 4.78 is 5.48. The number of hydrogen-bond acceptors (Lipinski definition) is 3. The minimum Gasteiger partial charge on any atom is -0.381 e. The molecule has 2 rings (SSSR count). The predicted octanol–water partition coefficient (Wildman–Crippen LogP) is 2.91. The van der Waals surface area contributed by atoms with Crippen molar-refractivity contribution in [2.45, 2.75) is 71.4 Å². The van der Waals surface area contributed by atoms with Gasteiger partial charge in [-0.25, -0.2) is 0 Å². The maximum Gasteiger partial charge on any atom is 0.222 e. The smallest absolute Gasteiger partial charge is 0.222 e. The fourth-order valence-electron chi connectivity index (χ4n) is 3.71. The van der Waals surface area contributed by atoms with E-state index in [1.54, 1.807) is 0 Å². The van der Waals surface area contributed by atoms with Crippen molar-refractivity contribution in [3.05, 3.63) is 0 Å². The van der Waals surface area contributed by atoms with Gasteiger partial charge in [0.25, 0.3) is 0 Å². The lowest BCUT2D eigenvalue weighted by atomic mass is 9.97. The highest BCUT2D eigenvalue weighted by Gasteiger charge is 2.33. The maximum atomic E-state index is 12.5. The lowest BCUT2D eigenvalue weighted by molar-refractivity contribution is -0.139. The molecule has 2 aliphatic heterocycles. The molecule has 128 valence electrons. The molecule has 22 heavy (non-hydrogen) atoms. The van der Waals surface area contributed by atoms with E-state index >= 15 is 0 Å². The van der Waals surface area contributed by atoms with Gasteiger partial charge in [0.05, 0.1) is 0 Å². The van der Waals surface area contributed by atoms with Crippen LogP contribution in [0, 0.1) is 5.92 Å². The molecule has 4 heteroatoms. The third-order valence-corrected chi connectivity index (χ3v) is 5.15. The topological polar surface area (TPSA) is 32.8 Å². The van der Waals surface area contributed by atoms with Gasteiger partial charge in [0, 0.05) is 44.8 Å². The predicted molar refractivity (Wildman–Crippen MR) is 89.9 cm³/mol. The molecule has 0 bridgehead atoms. The quantitative estimate of drug-likeness (QED) is 0.756. The van der Waals surface area contributed by atoms with Gasteiger partial charge in [0.15, 0.2) is 0 Å². The second-order valence-electron chi connectivity index (χ2n) is 7.25. The highest BCUT2D eigenvalue weighted by atomic mass is 16.5. The number of hydrogen-bond donors (Lipinski definition) is 0. The Morgan fingerprint density at radius 1 is 1.14 bits per heavy atom. The molecule has 0 unspecified atom stereocenters. The van der Waals surface area contributed by atoms with E-state index in [0.717, 1.165) is 57.9 Å². The second kappa shape index (κ2) is 8.88. The third-order valence-electron chi connectivity index (χ3n) is 5.15. The van der Waals surface area contributed by atoms with Gasteiger partial charge >= 0.3 is 0 Å². The average molecular weight is 310 g/mol. The summed E-state index contributed by atoms with van der Waals surface area (Å²) in [5.41, 5.74) is 0. The minimum absolute atomic E-state index is 0.340. The van der Waals surface area contributed by atoms with E-state index in [2.05, 4.69) is 23.6 Å². The number of likely N-dealkylation sites (tertiary alicyclic amines) is 1. The number of nitrogens with zero attached hydrogens (tertiary/aromatic N) is 2. The molecule has 0 N–H and O–H groups in total. The first-order valence-corrected chi connectivity index (χ1v) is 9.23. The van der Waals surface area contributed by atoms with Crippen molar-refractivity contribution in [1.29, 1.82) is 0 Å². The summed E-state index contributed by atoms with van der Waals surface area (Å²) in [6.45, 7) is 11.7. The van der Waals surface area contributed by atoms with Crippen LogP contribution in [-0.4, -0.2) is 60.6 Å². The number of piperidine rings is 1. The summed E-state index contributed by atoms with van der Waals surface area (Å²) in [6.07, 6.45) is 6.22. The Morgan fingerprint density at radius 2 is 1.73 bits per heavy atom. The van der Waals surface area contributed by atoms with E-state index in [1.165, 1.54) is 13.0 Å². The van der Waals surface area contributed by atoms with Gasteiger partial charge in [-0.2, -0.15) is 0 Å². The van der Waals surface area contributed by atoms with Crippen LogP contribution in [0.15, 0.2) is 0 Å². The monoisotopic (exact) mass is 310 g/mol. The molecule has 2 fully saturated rings. The summed E-state index contributed by atoms with van der Waals surface area (Å²) in [7, 11) is 0. The highest BCUT2D eigenvalue weighted by molar-refractivity contribution is 5.76. The van der Waals surface area contributed by atoms with E-state index in [0.29, 0.717) is 24.4 Å². The van der Waals surface area contributed by atoms with Crippen LogP contribution in [0.1, 0.15) is 59.3 Å². The number of carbonyl (C=O) groups is 1. The van der Waals surface area contributed by atoms with Crippen LogP contribution in [-0.2, 0) is 9.53 Å². The molecule has 2 saturated heterocycles. The van der Waals surface area contributed by atoms with Gasteiger partial charge in [0.1, 0.15) is 0 Å². The maximum absolute atomic E-state index is 12.5. The summed E-state index contributed by atoms with van der Waals surface area (Å²) >= 11 is 0. The van der Waals surface area contributed by atoms with Gasteiger partial charge in [-0.3, -0.25) is 4.79 Å². The first-order valence-electron chi connectivity index (χ1n) is 9.23. The summed E-state index contributed by atoms with van der Waals surface area (Å²) in [5, 5.41) is 0. The van der Waals surface area contributed by atoms with Crippen LogP contribution in [0.25, 0.3) is 0 Å². The van der Waals surface area contributed by atoms with Crippen molar-refractivity contribution in [1.82, 2.24) is 9.80 Å². The van der Waals surface area contributed by atoms with Crippen molar-refractivity contribution < 1.29 is 9.53 Å². The van der Waals surface area contributed by atoms with E-state index < -0.39 is 0 Å². The Morgan fingerprint density at radius 3 is 2.27 bits per heavy atom. The molecule has 0 saturated carbocycles. The van der Waals surface area contributed by atoms with Crippen molar-refractivity contribution in [3.8, 4) is 0 Å². The summed E-state index contributed by atoms with van der Waals surface area (Å²) in [4.78, 5) is 17.3. The Bertz CT molecular complexity index is 332. The van der Waals surface area contributed by atoms with E-state index in [9.17, 15) is 4.79 Å². The fraction of sp³-hybridized carbons (Fsp3) is 0.944. The largest absolute Gasteiger partial charge is 0.381 e. The van der Waals surface area contributed by atoms with Crippen LogP contribution < -0.4 is 0 Å². The lowest BCUT2D eigenvalue weighted by Gasteiger charge is -2.43. The molecule has 0 radical (unpaired) electrons. The molecule has 0 aromatic rings. The molecule has 0 aromatic heterocycles. The Labute approximate surface area is 136 Å². The van der Waals surface area contributed by atoms with Crippen LogP contribution in [0.5, 0.6) is 0 Å². The van der Waals surface area contributed by atoms with Crippen molar-refractivity contribution >= 4 is 5.91 Å². The molecule has 4 nitrogen and oxygen atoms in total. The van der Waals surface area contributed by atoms with Gasteiger partial charge in [0.2, 0.25) is 5.91 Å². The molecular weight excluding hydrogens is 276 g/mol. The van der Waals surface area contributed by atoms with Crippen molar-refractivity contribution in [2.75, 3.05) is 32.8 Å². The number of ether oxygens (including phenoxy) is 1. The first kappa shape index (κ1) is 17.7. The SMILES string of the molecule is CCC(=O)N(C1CCOCC1)C1CCN(CCC(C)C)CC1. The number of rotatable bonds is 6. The van der Waals surface area contributed by atoms with E-state index in [1.807, 2.05) is 6.92 Å². The Balaban J connectivity index is 1.88. The molecular formula is C18H34N2O2. The molecule has 0 aliphatic carbocycles. The van der Waals surface area contributed by atoms with E-state index in [4.69, 9.17) is 4.74 Å². The molecule has 2 heterocycles. The lowest BCUT2D eigenvalue weighted by Crippen LogP contribution is -2.53. The van der Waals surface area contributed by atoms with Crippen LogP contribution in [0.2, 0.25) is 0 Å². The summed E-state index contributed by atoms with van der Waals surface area (Å²) in [6, 6.07) is 0.860. The Kier molecular flexibility index (Phi) is 7.16. The first-order chi connectivity index (χ1) is 10.6. The average Bonchev–Trinajstić information content (AvgIpc) is 2.55. The molecule has 1 amide bonds. The molecule has 0 aromatic carbocycles. The molecule has 0 spiro atoms. The molecule has 0 atom stereocenters. The van der Waals surface area contributed by atoms with Gasteiger partial charge in [-0.15, -0.1) is 0 Å². The minimum atomic E-state index is 0.340. The molecule has 2 aliphatic rings. The number of carbonyl (C=O) groups excluding carboxylic acids is 1. The van der Waals surface area contributed by atoms with Gasteiger partial charge in [-0.05, 0) is 44.6 Å². The van der Waals surface area contributed by atoms with Gasteiger partial charge in [-0.1, -0.05) is 20.8 Å². The highest BCUT2D eigenvalue weighted by Crippen LogP contribution is 2.25. The normalized spacial score (nSPS) is 22.2. The van der Waals surface area contributed by atoms with Crippen LogP contribution >= 0.6 is 0 Å². The Hall–Kier alpha value is -0.610. The number of amides is 1. The second-order valence-corrected chi connectivity index (χ2v) is 7.25. The van der Waals surface area contributed by atoms with Crippen LogP contribution in [0.4, 0.5) is 0 Å². The zero-order valence-electron chi connectivity index (χ0n) is 14.7. The van der Waals surface area contributed by atoms with Crippen molar-refractivity contribution in [3.63, 3.8) is 0 Å². The van der Waals surface area contributed by atoms with E-state index in [-0.39, 0.29) is 0 Å². The van der Waals surface area contributed by atoms with Crippen molar-refractivity contribution in [2.24, 2.45) is 5.92 Å². The zero-order valence-corrected chi connectivity index (χ0v) is 14.7. The fourth-order valence-corrected chi connectivity index (χ4v) is 3.71. The third kappa shape index (κ3) is 4.95. The van der Waals surface area contributed by atoms with Gasteiger partial charge < -0.3 is 14.5 Å². The zero-order chi connectivity index (χ0) is 15.9. The summed E-state index contributed by atoms with van der Waals surface area (Å²) in [5.74, 6) is 1.12. The van der Waals surface area contributed by atoms with Crippen LogP contribution in [0.3, 0.4) is 0 Å². The standard InChI is InChI=1S/C18H34N2O2/c1-4-18(21)20(17-8-13-22-14-9-17)16-6-11-19(12-7-16)10-5-15(2)3/h15-17H,4-14H2,1-3H3.